The van der Waals surface area contributed by atoms with Gasteiger partial charge in [0.15, 0.2) is 0 Å². The Kier molecular flexibility index (Phi) is 6.94. The molecule has 0 aliphatic heterocycles. The zero-order chi connectivity index (χ0) is 14.5. The molecule has 1 aromatic carbocycles. The van der Waals surface area contributed by atoms with Crippen molar-refractivity contribution >= 4 is 49.0 Å². The molecule has 0 bridgehead atoms. The summed E-state index contributed by atoms with van der Waals surface area (Å²) in [5.74, 6) is 0.830. The standard InChI is InChI=1S/C12H15BrCl2O3S/c1-2-19(16,17)5-3-4-18-12-9(8-13)6-10(14)7-11(12)15/h6-7H,2-5,8H2,1H3. The summed E-state index contributed by atoms with van der Waals surface area (Å²) < 4.78 is 28.2. The molecule has 0 aliphatic carbocycles. The van der Waals surface area contributed by atoms with E-state index in [9.17, 15) is 8.42 Å². The van der Waals surface area contributed by atoms with Gasteiger partial charge in [-0.1, -0.05) is 46.1 Å². The molecule has 0 fully saturated rings. The van der Waals surface area contributed by atoms with Crippen molar-refractivity contribution in [2.75, 3.05) is 18.1 Å². The fraction of sp³-hybridized carbons (Fsp3) is 0.500. The van der Waals surface area contributed by atoms with Crippen molar-refractivity contribution < 1.29 is 13.2 Å². The van der Waals surface area contributed by atoms with Crippen LogP contribution in [-0.2, 0) is 15.2 Å². The molecule has 19 heavy (non-hydrogen) atoms. The van der Waals surface area contributed by atoms with Gasteiger partial charge in [0.1, 0.15) is 15.6 Å². The third-order valence-corrected chi connectivity index (χ3v) is 5.41. The van der Waals surface area contributed by atoms with Gasteiger partial charge in [0.2, 0.25) is 0 Å². The summed E-state index contributed by atoms with van der Waals surface area (Å²) in [6, 6.07) is 3.37. The van der Waals surface area contributed by atoms with Crippen LogP contribution in [0.2, 0.25) is 10.0 Å². The second-order valence-electron chi connectivity index (χ2n) is 3.95. The molecule has 0 aliphatic rings. The number of hydrogen-bond donors (Lipinski definition) is 0. The number of benzene rings is 1. The first-order valence-electron chi connectivity index (χ1n) is 5.76. The van der Waals surface area contributed by atoms with E-state index in [0.29, 0.717) is 34.2 Å². The van der Waals surface area contributed by atoms with Crippen molar-refractivity contribution in [3.63, 3.8) is 0 Å². The third-order valence-electron chi connectivity index (χ3n) is 2.52. The average Bonchev–Trinajstić information content (AvgIpc) is 2.35. The summed E-state index contributed by atoms with van der Waals surface area (Å²) >= 11 is 15.3. The van der Waals surface area contributed by atoms with E-state index in [4.69, 9.17) is 27.9 Å². The monoisotopic (exact) mass is 388 g/mol. The molecule has 0 saturated carbocycles. The SMILES string of the molecule is CCS(=O)(=O)CCCOc1c(Cl)cc(Cl)cc1CBr. The van der Waals surface area contributed by atoms with Crippen LogP contribution in [0.3, 0.4) is 0 Å². The van der Waals surface area contributed by atoms with Gasteiger partial charge in [0.25, 0.3) is 0 Å². The van der Waals surface area contributed by atoms with Gasteiger partial charge >= 0.3 is 0 Å². The van der Waals surface area contributed by atoms with Crippen LogP contribution in [0, 0.1) is 0 Å². The van der Waals surface area contributed by atoms with Crippen LogP contribution in [0.25, 0.3) is 0 Å². The van der Waals surface area contributed by atoms with Crippen LogP contribution >= 0.6 is 39.1 Å². The zero-order valence-electron chi connectivity index (χ0n) is 10.5. The van der Waals surface area contributed by atoms with Gasteiger partial charge in [0.05, 0.1) is 17.4 Å². The maximum absolute atomic E-state index is 11.3. The maximum Gasteiger partial charge on any atom is 0.150 e. The van der Waals surface area contributed by atoms with Gasteiger partial charge in [-0.2, -0.15) is 0 Å². The molecule has 0 radical (unpaired) electrons. The Balaban J connectivity index is 2.63. The minimum absolute atomic E-state index is 0.123. The molecule has 0 aromatic heterocycles. The molecule has 7 heteroatoms. The van der Waals surface area contributed by atoms with E-state index in [1.807, 2.05) is 0 Å². The Morgan fingerprint density at radius 3 is 2.58 bits per heavy atom. The Bertz CT molecular complexity index is 532. The highest BCUT2D eigenvalue weighted by Crippen LogP contribution is 2.33. The van der Waals surface area contributed by atoms with E-state index in [2.05, 4.69) is 15.9 Å². The number of halogens is 3. The van der Waals surface area contributed by atoms with Gasteiger partial charge in [-0.15, -0.1) is 0 Å². The summed E-state index contributed by atoms with van der Waals surface area (Å²) in [5, 5.41) is 1.54. The molecule has 0 amide bonds. The largest absolute Gasteiger partial charge is 0.492 e. The normalized spacial score (nSPS) is 11.6. The van der Waals surface area contributed by atoms with Crippen LogP contribution in [0.1, 0.15) is 18.9 Å². The van der Waals surface area contributed by atoms with Crippen molar-refractivity contribution in [2.45, 2.75) is 18.7 Å². The molecular weight excluding hydrogens is 375 g/mol. The number of sulfone groups is 1. The van der Waals surface area contributed by atoms with Crippen molar-refractivity contribution in [3.8, 4) is 5.75 Å². The zero-order valence-corrected chi connectivity index (χ0v) is 14.4. The topological polar surface area (TPSA) is 43.4 Å². The van der Waals surface area contributed by atoms with Gasteiger partial charge in [-0.05, 0) is 18.6 Å². The summed E-state index contributed by atoms with van der Waals surface area (Å²) in [6.45, 7) is 1.94. The highest BCUT2D eigenvalue weighted by Gasteiger charge is 2.11. The molecule has 108 valence electrons. The predicted molar refractivity (Wildman–Crippen MR) is 83.5 cm³/mol. The maximum atomic E-state index is 11.3. The lowest BCUT2D eigenvalue weighted by molar-refractivity contribution is 0.315. The highest BCUT2D eigenvalue weighted by atomic mass is 79.9. The number of rotatable bonds is 7. The second-order valence-corrected chi connectivity index (χ2v) is 7.82. The van der Waals surface area contributed by atoms with Crippen LogP contribution in [0.5, 0.6) is 5.75 Å². The van der Waals surface area contributed by atoms with Gasteiger partial charge < -0.3 is 4.74 Å². The smallest absolute Gasteiger partial charge is 0.150 e. The molecule has 0 atom stereocenters. The quantitative estimate of drug-likeness (QED) is 0.521. The molecule has 0 saturated heterocycles. The first kappa shape index (κ1) is 17.1. The Morgan fingerprint density at radius 1 is 1.32 bits per heavy atom. The van der Waals surface area contributed by atoms with E-state index >= 15 is 0 Å². The Morgan fingerprint density at radius 2 is 2.00 bits per heavy atom. The van der Waals surface area contributed by atoms with Crippen molar-refractivity contribution in [1.82, 2.24) is 0 Å². The van der Waals surface area contributed by atoms with E-state index < -0.39 is 9.84 Å². The molecule has 0 N–H and O–H groups in total. The summed E-state index contributed by atoms with van der Waals surface area (Å²) in [7, 11) is -2.95. The van der Waals surface area contributed by atoms with E-state index in [0.717, 1.165) is 5.56 Å². The summed E-state index contributed by atoms with van der Waals surface area (Å²) in [5.41, 5.74) is 0.843. The predicted octanol–water partition coefficient (Wildman–Crippen LogP) is 4.09. The first-order chi connectivity index (χ1) is 8.89. The fourth-order valence-electron chi connectivity index (χ4n) is 1.47. The lowest BCUT2D eigenvalue weighted by atomic mass is 10.2. The Hall–Kier alpha value is 0.0300. The summed E-state index contributed by atoms with van der Waals surface area (Å²) in [4.78, 5) is 0. The second kappa shape index (κ2) is 7.72. The van der Waals surface area contributed by atoms with E-state index in [-0.39, 0.29) is 11.5 Å². The van der Waals surface area contributed by atoms with Crippen molar-refractivity contribution in [1.29, 1.82) is 0 Å². The molecule has 0 unspecified atom stereocenters. The van der Waals surface area contributed by atoms with Crippen LogP contribution < -0.4 is 4.74 Å². The van der Waals surface area contributed by atoms with Crippen LogP contribution in [-0.4, -0.2) is 26.5 Å². The Labute approximate surface area is 132 Å². The number of ether oxygens (including phenoxy) is 1. The summed E-state index contributed by atoms with van der Waals surface area (Å²) in [6.07, 6.45) is 0.441. The van der Waals surface area contributed by atoms with Crippen molar-refractivity contribution in [3.05, 3.63) is 27.7 Å². The first-order valence-corrected chi connectivity index (χ1v) is 9.46. The van der Waals surface area contributed by atoms with Crippen LogP contribution in [0.4, 0.5) is 0 Å². The average molecular weight is 390 g/mol. The fourth-order valence-corrected chi connectivity index (χ4v) is 3.32. The van der Waals surface area contributed by atoms with Gasteiger partial charge in [0, 0.05) is 21.7 Å². The van der Waals surface area contributed by atoms with Crippen molar-refractivity contribution in [2.24, 2.45) is 0 Å². The minimum Gasteiger partial charge on any atom is -0.492 e. The molecule has 3 nitrogen and oxygen atoms in total. The lowest BCUT2D eigenvalue weighted by Crippen LogP contribution is -2.12. The number of alkyl halides is 1. The molecule has 0 heterocycles. The highest BCUT2D eigenvalue weighted by molar-refractivity contribution is 9.08. The third kappa shape index (κ3) is 5.50. The number of hydrogen-bond acceptors (Lipinski definition) is 3. The van der Waals surface area contributed by atoms with Crippen LogP contribution in [0.15, 0.2) is 12.1 Å². The van der Waals surface area contributed by atoms with Gasteiger partial charge in [-0.25, -0.2) is 8.42 Å². The van der Waals surface area contributed by atoms with E-state index in [1.165, 1.54) is 0 Å². The lowest BCUT2D eigenvalue weighted by Gasteiger charge is -2.12. The molecule has 0 spiro atoms. The van der Waals surface area contributed by atoms with E-state index in [1.54, 1.807) is 19.1 Å². The molecular formula is C12H15BrCl2O3S. The minimum atomic E-state index is -2.95. The molecule has 1 aromatic rings. The van der Waals surface area contributed by atoms with Gasteiger partial charge in [-0.3, -0.25) is 0 Å². The molecule has 1 rings (SSSR count).